The largest absolute Gasteiger partial charge is 0.395 e. The highest BCUT2D eigenvalue weighted by molar-refractivity contribution is 7.10. The lowest BCUT2D eigenvalue weighted by Crippen LogP contribution is -2.11. The second kappa shape index (κ2) is 7.07. The number of anilines is 1. The van der Waals surface area contributed by atoms with E-state index in [2.05, 4.69) is 22.3 Å². The van der Waals surface area contributed by atoms with Crippen molar-refractivity contribution in [2.24, 2.45) is 7.05 Å². The van der Waals surface area contributed by atoms with Gasteiger partial charge in [0.05, 0.1) is 28.4 Å². The minimum absolute atomic E-state index is 0.0481. The SMILES string of the molecule is CCc1nn(C)cc1NC(=O)c1csc(C#CCCO)c1. The zero-order valence-corrected chi connectivity index (χ0v) is 12.8. The van der Waals surface area contributed by atoms with Crippen LogP contribution in [0, 0.1) is 11.8 Å². The van der Waals surface area contributed by atoms with E-state index in [1.165, 1.54) is 11.3 Å². The van der Waals surface area contributed by atoms with Crippen molar-refractivity contribution >= 4 is 22.9 Å². The first-order valence-corrected chi connectivity index (χ1v) is 7.54. The Hall–Kier alpha value is -2.10. The summed E-state index contributed by atoms with van der Waals surface area (Å²) < 4.78 is 1.69. The number of hydrogen-bond acceptors (Lipinski definition) is 4. The molecule has 2 N–H and O–H groups in total. The van der Waals surface area contributed by atoms with Crippen molar-refractivity contribution < 1.29 is 9.90 Å². The summed E-state index contributed by atoms with van der Waals surface area (Å²) in [5, 5.41) is 17.6. The summed E-state index contributed by atoms with van der Waals surface area (Å²) in [5.74, 6) is 5.60. The van der Waals surface area contributed by atoms with E-state index in [-0.39, 0.29) is 12.5 Å². The first-order chi connectivity index (χ1) is 10.1. The summed E-state index contributed by atoms with van der Waals surface area (Å²) >= 11 is 1.42. The summed E-state index contributed by atoms with van der Waals surface area (Å²) in [6.45, 7) is 2.05. The van der Waals surface area contributed by atoms with Crippen LogP contribution in [0.15, 0.2) is 17.6 Å². The number of thiophene rings is 1. The second-order valence-corrected chi connectivity index (χ2v) is 5.36. The molecule has 0 fully saturated rings. The fraction of sp³-hybridized carbons (Fsp3) is 0.333. The highest BCUT2D eigenvalue weighted by Crippen LogP contribution is 2.18. The summed E-state index contributed by atoms with van der Waals surface area (Å²) in [6.07, 6.45) is 3.00. The molecule has 5 nitrogen and oxygen atoms in total. The minimum atomic E-state index is -0.163. The molecule has 6 heteroatoms. The first-order valence-electron chi connectivity index (χ1n) is 6.66. The molecule has 0 atom stereocenters. The number of carbonyl (C=O) groups excluding carboxylic acids is 1. The van der Waals surface area contributed by atoms with Crippen LogP contribution < -0.4 is 5.32 Å². The predicted octanol–water partition coefficient (Wildman–Crippen LogP) is 2.03. The third-order valence-electron chi connectivity index (χ3n) is 2.80. The summed E-state index contributed by atoms with van der Waals surface area (Å²) in [4.78, 5) is 13.0. The standard InChI is InChI=1S/C15H17N3O2S/c1-3-13-14(9-18(2)17-13)16-15(20)11-8-12(21-10-11)6-4-5-7-19/h8-10,19H,3,5,7H2,1-2H3,(H,16,20). The molecule has 0 unspecified atom stereocenters. The van der Waals surface area contributed by atoms with E-state index in [4.69, 9.17) is 5.11 Å². The molecule has 2 heterocycles. The predicted molar refractivity (Wildman–Crippen MR) is 83.4 cm³/mol. The quantitative estimate of drug-likeness (QED) is 0.849. The lowest BCUT2D eigenvalue weighted by molar-refractivity contribution is 0.102. The Labute approximate surface area is 127 Å². The van der Waals surface area contributed by atoms with Crippen molar-refractivity contribution in [2.45, 2.75) is 19.8 Å². The van der Waals surface area contributed by atoms with E-state index >= 15 is 0 Å². The molecular weight excluding hydrogens is 286 g/mol. The fourth-order valence-electron chi connectivity index (χ4n) is 1.82. The summed E-state index contributed by atoms with van der Waals surface area (Å²) in [5.41, 5.74) is 2.19. The Kier molecular flexibility index (Phi) is 5.14. The summed E-state index contributed by atoms with van der Waals surface area (Å²) in [7, 11) is 1.83. The van der Waals surface area contributed by atoms with E-state index < -0.39 is 0 Å². The Morgan fingerprint density at radius 3 is 3.10 bits per heavy atom. The van der Waals surface area contributed by atoms with Crippen LogP contribution in [0.4, 0.5) is 5.69 Å². The van der Waals surface area contributed by atoms with E-state index in [1.807, 2.05) is 14.0 Å². The molecule has 0 saturated heterocycles. The van der Waals surface area contributed by atoms with Crippen LogP contribution in [0.1, 0.15) is 34.3 Å². The first kappa shape index (κ1) is 15.3. The number of aryl methyl sites for hydroxylation is 2. The van der Waals surface area contributed by atoms with E-state index in [0.717, 1.165) is 22.7 Å². The van der Waals surface area contributed by atoms with Crippen LogP contribution >= 0.6 is 11.3 Å². The number of amides is 1. The van der Waals surface area contributed by atoms with Gasteiger partial charge in [0.25, 0.3) is 5.91 Å². The van der Waals surface area contributed by atoms with Gasteiger partial charge in [0.15, 0.2) is 0 Å². The molecule has 110 valence electrons. The van der Waals surface area contributed by atoms with Gasteiger partial charge in [-0.25, -0.2) is 0 Å². The van der Waals surface area contributed by atoms with Crippen molar-refractivity contribution in [2.75, 3.05) is 11.9 Å². The van der Waals surface area contributed by atoms with Gasteiger partial charge in [-0.15, -0.1) is 11.3 Å². The van der Waals surface area contributed by atoms with Crippen molar-refractivity contribution in [1.29, 1.82) is 0 Å². The van der Waals surface area contributed by atoms with Crippen LogP contribution in [0.2, 0.25) is 0 Å². The molecule has 2 aromatic heterocycles. The van der Waals surface area contributed by atoms with Crippen LogP contribution in [0.25, 0.3) is 0 Å². The molecule has 0 radical (unpaired) electrons. The van der Waals surface area contributed by atoms with E-state index in [9.17, 15) is 4.79 Å². The maximum absolute atomic E-state index is 12.2. The van der Waals surface area contributed by atoms with Crippen molar-refractivity contribution in [3.05, 3.63) is 33.8 Å². The zero-order valence-electron chi connectivity index (χ0n) is 12.0. The number of aromatic nitrogens is 2. The van der Waals surface area contributed by atoms with Gasteiger partial charge >= 0.3 is 0 Å². The van der Waals surface area contributed by atoms with Gasteiger partial charge in [0.1, 0.15) is 0 Å². The monoisotopic (exact) mass is 303 g/mol. The number of carbonyl (C=O) groups is 1. The second-order valence-electron chi connectivity index (χ2n) is 4.45. The van der Waals surface area contributed by atoms with Gasteiger partial charge in [-0.1, -0.05) is 18.8 Å². The molecule has 0 aliphatic heterocycles. The number of nitrogens with zero attached hydrogens (tertiary/aromatic N) is 2. The molecule has 0 aliphatic carbocycles. The Balaban J connectivity index is 2.09. The Bertz CT molecular complexity index is 691. The number of aliphatic hydroxyl groups is 1. The van der Waals surface area contributed by atoms with Crippen molar-refractivity contribution in [3.63, 3.8) is 0 Å². The third kappa shape index (κ3) is 3.94. The van der Waals surface area contributed by atoms with Gasteiger partial charge in [0.2, 0.25) is 0 Å². The molecule has 0 spiro atoms. The zero-order chi connectivity index (χ0) is 15.2. The number of rotatable bonds is 4. The van der Waals surface area contributed by atoms with Gasteiger partial charge in [-0.3, -0.25) is 9.48 Å². The van der Waals surface area contributed by atoms with Crippen LogP contribution in [0.5, 0.6) is 0 Å². The molecule has 21 heavy (non-hydrogen) atoms. The molecular formula is C15H17N3O2S. The van der Waals surface area contributed by atoms with E-state index in [0.29, 0.717) is 12.0 Å². The highest BCUT2D eigenvalue weighted by Gasteiger charge is 2.12. The lowest BCUT2D eigenvalue weighted by Gasteiger charge is -2.01. The fourth-order valence-corrected chi connectivity index (χ4v) is 2.58. The average Bonchev–Trinajstić information content (AvgIpc) is 3.06. The molecule has 0 aromatic carbocycles. The maximum Gasteiger partial charge on any atom is 0.256 e. The van der Waals surface area contributed by atoms with Gasteiger partial charge in [-0.05, 0) is 12.5 Å². The number of aliphatic hydroxyl groups excluding tert-OH is 1. The van der Waals surface area contributed by atoms with Gasteiger partial charge < -0.3 is 10.4 Å². The molecule has 0 bridgehead atoms. The smallest absolute Gasteiger partial charge is 0.256 e. The molecule has 2 aromatic rings. The molecule has 0 saturated carbocycles. The van der Waals surface area contributed by atoms with Crippen LogP contribution in [0.3, 0.4) is 0 Å². The van der Waals surface area contributed by atoms with Gasteiger partial charge in [-0.2, -0.15) is 5.10 Å². The van der Waals surface area contributed by atoms with Crippen LogP contribution in [-0.2, 0) is 13.5 Å². The topological polar surface area (TPSA) is 67.2 Å². The number of hydrogen-bond donors (Lipinski definition) is 2. The highest BCUT2D eigenvalue weighted by atomic mass is 32.1. The van der Waals surface area contributed by atoms with Crippen LogP contribution in [-0.4, -0.2) is 27.4 Å². The van der Waals surface area contributed by atoms with Gasteiger partial charge in [0, 0.05) is 25.0 Å². The minimum Gasteiger partial charge on any atom is -0.395 e. The van der Waals surface area contributed by atoms with Crippen molar-refractivity contribution in [1.82, 2.24) is 9.78 Å². The Morgan fingerprint density at radius 1 is 1.57 bits per heavy atom. The maximum atomic E-state index is 12.2. The molecule has 1 amide bonds. The number of nitrogens with one attached hydrogen (secondary N) is 1. The normalized spacial score (nSPS) is 10.0. The average molecular weight is 303 g/mol. The third-order valence-corrected chi connectivity index (χ3v) is 3.64. The van der Waals surface area contributed by atoms with E-state index in [1.54, 1.807) is 22.3 Å². The Morgan fingerprint density at radius 2 is 2.38 bits per heavy atom. The van der Waals surface area contributed by atoms with Crippen molar-refractivity contribution in [3.8, 4) is 11.8 Å². The lowest BCUT2D eigenvalue weighted by atomic mass is 10.2. The summed E-state index contributed by atoms with van der Waals surface area (Å²) in [6, 6.07) is 1.76. The molecule has 2 rings (SSSR count). The molecule has 0 aliphatic rings.